The molecule has 1 aliphatic heterocycles. The number of thioether (sulfide) groups is 1. The van der Waals surface area contributed by atoms with E-state index in [1.165, 1.54) is 25.0 Å². The van der Waals surface area contributed by atoms with Gasteiger partial charge in [-0.15, -0.1) is 11.3 Å². The van der Waals surface area contributed by atoms with Crippen molar-refractivity contribution in [3.05, 3.63) is 11.1 Å². The van der Waals surface area contributed by atoms with Crippen LogP contribution in [0.25, 0.3) is 0 Å². The van der Waals surface area contributed by atoms with Crippen LogP contribution < -0.4 is 5.32 Å². The minimum Gasteiger partial charge on any atom is -0.469 e. The van der Waals surface area contributed by atoms with E-state index < -0.39 is 0 Å². The van der Waals surface area contributed by atoms with Crippen LogP contribution in [0.5, 0.6) is 0 Å². The van der Waals surface area contributed by atoms with Gasteiger partial charge in [0, 0.05) is 18.3 Å². The monoisotopic (exact) mass is 286 g/mol. The molecule has 1 unspecified atom stereocenters. The first-order valence-electron chi connectivity index (χ1n) is 6.10. The molecule has 18 heavy (non-hydrogen) atoms. The Hall–Kier alpha value is -0.750. The summed E-state index contributed by atoms with van der Waals surface area (Å²) in [7, 11) is 1.41. The number of ether oxygens (including phenoxy) is 1. The number of aryl methyl sites for hydroxylation is 1. The molecule has 0 amide bonds. The Balaban J connectivity index is 1.73. The highest BCUT2D eigenvalue weighted by atomic mass is 32.2. The highest BCUT2D eigenvalue weighted by Crippen LogP contribution is 2.24. The molecular formula is C12H18N2O2S2. The van der Waals surface area contributed by atoms with Crippen LogP contribution >= 0.6 is 23.1 Å². The lowest BCUT2D eigenvalue weighted by molar-refractivity contribution is -0.140. The third-order valence-electron chi connectivity index (χ3n) is 2.93. The summed E-state index contributed by atoms with van der Waals surface area (Å²) in [6, 6.07) is 0. The highest BCUT2D eigenvalue weighted by Gasteiger charge is 2.15. The topological polar surface area (TPSA) is 51.2 Å². The van der Waals surface area contributed by atoms with Crippen LogP contribution in [0, 0.1) is 5.92 Å². The first-order chi connectivity index (χ1) is 8.78. The first-order valence-corrected chi connectivity index (χ1v) is 8.14. The van der Waals surface area contributed by atoms with Crippen LogP contribution in [0.3, 0.4) is 0 Å². The van der Waals surface area contributed by atoms with Crippen molar-refractivity contribution >= 4 is 34.2 Å². The molecule has 1 aromatic rings. The van der Waals surface area contributed by atoms with Gasteiger partial charge in [-0.05, 0) is 23.8 Å². The van der Waals surface area contributed by atoms with Gasteiger partial charge in [-0.1, -0.05) is 0 Å². The number of esters is 1. The molecule has 1 aromatic heterocycles. The van der Waals surface area contributed by atoms with Gasteiger partial charge in [0.15, 0.2) is 5.13 Å². The fourth-order valence-corrected chi connectivity index (χ4v) is 3.85. The lowest BCUT2D eigenvalue weighted by atomic mass is 10.1. The molecule has 1 fully saturated rings. The van der Waals surface area contributed by atoms with E-state index in [2.05, 4.69) is 15.0 Å². The Bertz CT molecular complexity index is 389. The molecule has 0 bridgehead atoms. The second-order valence-electron chi connectivity index (χ2n) is 4.33. The van der Waals surface area contributed by atoms with Crippen molar-refractivity contribution < 1.29 is 9.53 Å². The van der Waals surface area contributed by atoms with Crippen LogP contribution in [0.4, 0.5) is 5.13 Å². The van der Waals surface area contributed by atoms with Crippen molar-refractivity contribution in [1.82, 2.24) is 4.98 Å². The van der Waals surface area contributed by atoms with Gasteiger partial charge in [-0.2, -0.15) is 11.8 Å². The van der Waals surface area contributed by atoms with Crippen molar-refractivity contribution in [2.75, 3.05) is 30.5 Å². The molecule has 1 aliphatic rings. The van der Waals surface area contributed by atoms with E-state index in [9.17, 15) is 4.79 Å². The predicted octanol–water partition coefficient (Wildman–Crippen LogP) is 2.41. The molecule has 4 nitrogen and oxygen atoms in total. The van der Waals surface area contributed by atoms with Gasteiger partial charge in [0.2, 0.25) is 0 Å². The number of aromatic nitrogens is 1. The summed E-state index contributed by atoms with van der Waals surface area (Å²) in [6.07, 6.45) is 2.36. The number of nitrogens with zero attached hydrogens (tertiary/aromatic N) is 1. The van der Waals surface area contributed by atoms with Crippen molar-refractivity contribution in [2.24, 2.45) is 5.92 Å². The fourth-order valence-electron chi connectivity index (χ4n) is 1.81. The number of rotatable bonds is 6. The molecule has 0 radical (unpaired) electrons. The van der Waals surface area contributed by atoms with Crippen molar-refractivity contribution in [2.45, 2.75) is 19.3 Å². The third kappa shape index (κ3) is 4.17. The van der Waals surface area contributed by atoms with Gasteiger partial charge >= 0.3 is 5.97 Å². The SMILES string of the molecule is COC(=O)CCc1csc(NCC2CCSC2)n1. The largest absolute Gasteiger partial charge is 0.469 e. The minimum absolute atomic E-state index is 0.180. The zero-order valence-corrected chi connectivity index (χ0v) is 12.1. The average Bonchev–Trinajstić information content (AvgIpc) is 3.04. The standard InChI is InChI=1S/C12H18N2O2S2/c1-16-11(15)3-2-10-8-18-12(14-10)13-6-9-4-5-17-7-9/h8-9H,2-7H2,1H3,(H,13,14). The predicted molar refractivity (Wildman–Crippen MR) is 76.4 cm³/mol. The lowest BCUT2D eigenvalue weighted by Gasteiger charge is -2.07. The van der Waals surface area contributed by atoms with Crippen molar-refractivity contribution in [1.29, 1.82) is 0 Å². The van der Waals surface area contributed by atoms with Gasteiger partial charge in [-0.3, -0.25) is 4.79 Å². The normalized spacial score (nSPS) is 18.8. The van der Waals surface area contributed by atoms with Gasteiger partial charge in [-0.25, -0.2) is 4.98 Å². The van der Waals surface area contributed by atoms with Crippen molar-refractivity contribution in [3.8, 4) is 0 Å². The Kier molecular flexibility index (Phi) is 5.31. The molecule has 1 atom stereocenters. The number of carbonyl (C=O) groups is 1. The fraction of sp³-hybridized carbons (Fsp3) is 0.667. The number of hydrogen-bond acceptors (Lipinski definition) is 6. The maximum atomic E-state index is 11.0. The molecule has 100 valence electrons. The van der Waals surface area contributed by atoms with Crippen molar-refractivity contribution in [3.63, 3.8) is 0 Å². The summed E-state index contributed by atoms with van der Waals surface area (Å²) in [4.78, 5) is 15.5. The number of methoxy groups -OCH3 is 1. The van der Waals surface area contributed by atoms with E-state index in [0.29, 0.717) is 12.8 Å². The summed E-state index contributed by atoms with van der Waals surface area (Å²) in [5.41, 5.74) is 0.966. The highest BCUT2D eigenvalue weighted by molar-refractivity contribution is 7.99. The van der Waals surface area contributed by atoms with Crippen LogP contribution in [-0.2, 0) is 16.0 Å². The molecular weight excluding hydrogens is 268 g/mol. The number of carbonyl (C=O) groups excluding carboxylic acids is 1. The Morgan fingerprint density at radius 1 is 1.67 bits per heavy atom. The summed E-state index contributed by atoms with van der Waals surface area (Å²) in [5, 5.41) is 6.36. The van der Waals surface area contributed by atoms with Gasteiger partial charge in [0.1, 0.15) is 0 Å². The third-order valence-corrected chi connectivity index (χ3v) is 5.01. The molecule has 1 saturated heterocycles. The summed E-state index contributed by atoms with van der Waals surface area (Å²) in [6.45, 7) is 1.01. The van der Waals surface area contributed by atoms with Crippen LogP contribution in [0.1, 0.15) is 18.5 Å². The molecule has 0 saturated carbocycles. The quantitative estimate of drug-likeness (QED) is 0.814. The van der Waals surface area contributed by atoms with E-state index >= 15 is 0 Å². The summed E-state index contributed by atoms with van der Waals surface area (Å²) >= 11 is 3.64. The zero-order chi connectivity index (χ0) is 12.8. The second-order valence-corrected chi connectivity index (χ2v) is 6.34. The second kappa shape index (κ2) is 6.99. The Morgan fingerprint density at radius 2 is 2.56 bits per heavy atom. The maximum absolute atomic E-state index is 11.0. The van der Waals surface area contributed by atoms with E-state index in [1.807, 2.05) is 17.1 Å². The van der Waals surface area contributed by atoms with Crippen LogP contribution in [-0.4, -0.2) is 36.1 Å². The first kappa shape index (κ1) is 13.7. The summed E-state index contributed by atoms with van der Waals surface area (Å²) in [5.74, 6) is 3.14. The number of thiazole rings is 1. The van der Waals surface area contributed by atoms with Gasteiger partial charge in [0.25, 0.3) is 0 Å². The van der Waals surface area contributed by atoms with E-state index in [1.54, 1.807) is 11.3 Å². The van der Waals surface area contributed by atoms with Gasteiger partial charge in [0.05, 0.1) is 19.2 Å². The molecule has 2 heterocycles. The van der Waals surface area contributed by atoms with E-state index in [4.69, 9.17) is 0 Å². The summed E-state index contributed by atoms with van der Waals surface area (Å²) < 4.78 is 4.61. The van der Waals surface area contributed by atoms with Crippen LogP contribution in [0.2, 0.25) is 0 Å². The molecule has 0 aromatic carbocycles. The van der Waals surface area contributed by atoms with E-state index in [-0.39, 0.29) is 5.97 Å². The van der Waals surface area contributed by atoms with Gasteiger partial charge < -0.3 is 10.1 Å². The molecule has 0 aliphatic carbocycles. The van der Waals surface area contributed by atoms with E-state index in [0.717, 1.165) is 23.3 Å². The Labute approximate surface area is 116 Å². The number of nitrogens with one attached hydrogen (secondary N) is 1. The zero-order valence-electron chi connectivity index (χ0n) is 10.5. The average molecular weight is 286 g/mol. The molecule has 1 N–H and O–H groups in total. The maximum Gasteiger partial charge on any atom is 0.305 e. The smallest absolute Gasteiger partial charge is 0.305 e. The molecule has 0 spiro atoms. The molecule has 6 heteroatoms. The lowest BCUT2D eigenvalue weighted by Crippen LogP contribution is -2.13. The number of hydrogen-bond donors (Lipinski definition) is 1. The molecule has 2 rings (SSSR count). The van der Waals surface area contributed by atoms with Crippen LogP contribution in [0.15, 0.2) is 5.38 Å². The minimum atomic E-state index is -0.180. The Morgan fingerprint density at radius 3 is 3.28 bits per heavy atom. The number of anilines is 1.